The van der Waals surface area contributed by atoms with E-state index in [2.05, 4.69) is 9.97 Å². The second-order valence-electron chi connectivity index (χ2n) is 7.62. The molecule has 2 aliphatic rings. The van der Waals surface area contributed by atoms with Crippen LogP contribution in [-0.4, -0.2) is 45.0 Å². The number of carbonyl (C=O) groups excluding carboxylic acids is 1. The number of amides is 1. The molecule has 28 heavy (non-hydrogen) atoms. The maximum Gasteiger partial charge on any atom is 0.329 e. The van der Waals surface area contributed by atoms with Crippen molar-refractivity contribution < 1.29 is 4.79 Å². The third kappa shape index (κ3) is 3.58. The smallest absolute Gasteiger partial charge is 0.329 e. The molecule has 1 unspecified atom stereocenters. The van der Waals surface area contributed by atoms with E-state index in [0.717, 1.165) is 31.4 Å². The first-order valence-electron chi connectivity index (χ1n) is 9.70. The normalized spacial score (nSPS) is 19.1. The zero-order chi connectivity index (χ0) is 19.1. The molecule has 4 rings (SSSR count). The fourth-order valence-electron chi connectivity index (χ4n) is 3.86. The van der Waals surface area contributed by atoms with Crippen LogP contribution in [0.15, 0.2) is 15.7 Å². The fraction of sp³-hybridized carbons (Fsp3) is 0.579. The number of hydrogen-bond acceptors (Lipinski definition) is 5. The third-order valence-corrected chi connectivity index (χ3v) is 5.55. The van der Waals surface area contributed by atoms with Gasteiger partial charge >= 0.3 is 5.69 Å². The average molecular weight is 408 g/mol. The number of rotatable bonds is 5. The van der Waals surface area contributed by atoms with Crippen molar-refractivity contribution in [3.8, 4) is 0 Å². The number of aryl methyl sites for hydroxylation is 1. The highest BCUT2D eigenvalue weighted by molar-refractivity contribution is 6.05. The summed E-state index contributed by atoms with van der Waals surface area (Å²) >= 11 is 0. The fourth-order valence-corrected chi connectivity index (χ4v) is 3.86. The molecule has 2 aromatic heterocycles. The van der Waals surface area contributed by atoms with Gasteiger partial charge in [-0.25, -0.2) is 9.78 Å². The van der Waals surface area contributed by atoms with Gasteiger partial charge in [0.05, 0.1) is 10.9 Å². The maximum absolute atomic E-state index is 13.2. The second-order valence-corrected chi connectivity index (χ2v) is 7.62. The summed E-state index contributed by atoms with van der Waals surface area (Å²) in [5.41, 5.74) is 6.21. The summed E-state index contributed by atoms with van der Waals surface area (Å²) in [6, 6.07) is 1.76. The van der Waals surface area contributed by atoms with Gasteiger partial charge in [-0.15, -0.1) is 12.4 Å². The summed E-state index contributed by atoms with van der Waals surface area (Å²) in [6.45, 7) is 4.18. The minimum absolute atomic E-state index is 0. The van der Waals surface area contributed by atoms with Crippen molar-refractivity contribution in [3.63, 3.8) is 0 Å². The standard InChI is InChI=1S/C19H25N5O3.ClH/c1-2-6-24-16-15(17(25)22-19(24)27)13(8-14(21-16)12-3-4-12)18(26)23-7-5-11(9-20)10-23;/h8,11-12H,2-7,9-10,20H2,1H3,(H,22,25,27);1H. The van der Waals surface area contributed by atoms with Crippen molar-refractivity contribution in [3.05, 3.63) is 38.2 Å². The number of aromatic nitrogens is 3. The van der Waals surface area contributed by atoms with Gasteiger partial charge in [0.25, 0.3) is 11.5 Å². The Kier molecular flexibility index (Phi) is 5.90. The largest absolute Gasteiger partial charge is 0.338 e. The molecule has 8 nitrogen and oxygen atoms in total. The first-order valence-corrected chi connectivity index (χ1v) is 9.70. The van der Waals surface area contributed by atoms with Gasteiger partial charge in [-0.2, -0.15) is 0 Å². The zero-order valence-corrected chi connectivity index (χ0v) is 16.8. The maximum atomic E-state index is 13.2. The van der Waals surface area contributed by atoms with Gasteiger partial charge in [0.1, 0.15) is 0 Å². The molecule has 1 saturated carbocycles. The van der Waals surface area contributed by atoms with Crippen LogP contribution in [0.4, 0.5) is 0 Å². The Morgan fingerprint density at radius 1 is 1.32 bits per heavy atom. The minimum Gasteiger partial charge on any atom is -0.338 e. The van der Waals surface area contributed by atoms with E-state index in [1.54, 1.807) is 11.0 Å². The summed E-state index contributed by atoms with van der Waals surface area (Å²) in [5.74, 6) is 0.426. The average Bonchev–Trinajstić information content (AvgIpc) is 3.40. The first kappa shape index (κ1) is 20.5. The molecule has 2 fully saturated rings. The van der Waals surface area contributed by atoms with Crippen molar-refractivity contribution in [2.24, 2.45) is 11.7 Å². The number of aromatic amines is 1. The van der Waals surface area contributed by atoms with Gasteiger partial charge in [0, 0.05) is 31.2 Å². The molecule has 9 heteroatoms. The predicted octanol–water partition coefficient (Wildman–Crippen LogP) is 1.21. The van der Waals surface area contributed by atoms with Gasteiger partial charge in [-0.1, -0.05) is 6.92 Å². The number of halogens is 1. The van der Waals surface area contributed by atoms with Crippen LogP contribution in [0, 0.1) is 5.92 Å². The van der Waals surface area contributed by atoms with E-state index >= 15 is 0 Å². The van der Waals surface area contributed by atoms with E-state index in [1.807, 2.05) is 6.92 Å². The monoisotopic (exact) mass is 407 g/mol. The number of fused-ring (bicyclic) bond motifs is 1. The number of H-pyrrole nitrogens is 1. The summed E-state index contributed by atoms with van der Waals surface area (Å²) in [4.78, 5) is 46.9. The van der Waals surface area contributed by atoms with E-state index in [-0.39, 0.29) is 23.7 Å². The summed E-state index contributed by atoms with van der Waals surface area (Å²) < 4.78 is 1.48. The summed E-state index contributed by atoms with van der Waals surface area (Å²) in [6.07, 6.45) is 3.64. The van der Waals surface area contributed by atoms with E-state index < -0.39 is 11.2 Å². The minimum atomic E-state index is -0.546. The lowest BCUT2D eigenvalue weighted by molar-refractivity contribution is 0.0789. The van der Waals surface area contributed by atoms with Crippen molar-refractivity contribution >= 4 is 29.3 Å². The number of nitrogens with two attached hydrogens (primary N) is 1. The van der Waals surface area contributed by atoms with Crippen molar-refractivity contribution in [1.29, 1.82) is 0 Å². The van der Waals surface area contributed by atoms with Crippen LogP contribution in [0.5, 0.6) is 0 Å². The molecule has 152 valence electrons. The van der Waals surface area contributed by atoms with Crippen LogP contribution in [0.1, 0.15) is 54.6 Å². The molecule has 0 radical (unpaired) electrons. The van der Waals surface area contributed by atoms with Gasteiger partial charge in [0.2, 0.25) is 0 Å². The molecule has 1 amide bonds. The number of nitrogens with one attached hydrogen (secondary N) is 1. The number of nitrogens with zero attached hydrogens (tertiary/aromatic N) is 3. The van der Waals surface area contributed by atoms with Crippen LogP contribution < -0.4 is 17.0 Å². The van der Waals surface area contributed by atoms with Crippen LogP contribution in [0.2, 0.25) is 0 Å². The Hall–Kier alpha value is -2.19. The van der Waals surface area contributed by atoms with Crippen LogP contribution >= 0.6 is 12.4 Å². The molecule has 0 spiro atoms. The Morgan fingerprint density at radius 3 is 2.68 bits per heavy atom. The van der Waals surface area contributed by atoms with E-state index in [0.29, 0.717) is 49.2 Å². The zero-order valence-electron chi connectivity index (χ0n) is 15.9. The topological polar surface area (TPSA) is 114 Å². The Balaban J connectivity index is 0.00000225. The van der Waals surface area contributed by atoms with E-state index in [4.69, 9.17) is 5.73 Å². The molecule has 3 heterocycles. The van der Waals surface area contributed by atoms with Crippen LogP contribution in [0.3, 0.4) is 0 Å². The molecule has 2 aromatic rings. The predicted molar refractivity (Wildman–Crippen MR) is 109 cm³/mol. The highest BCUT2D eigenvalue weighted by Crippen LogP contribution is 2.40. The van der Waals surface area contributed by atoms with Crippen LogP contribution in [0.25, 0.3) is 11.0 Å². The molecule has 1 aliphatic heterocycles. The molecular formula is C19H26ClN5O3. The molecule has 1 aliphatic carbocycles. The van der Waals surface area contributed by atoms with Crippen molar-refractivity contribution in [1.82, 2.24) is 19.4 Å². The Bertz CT molecular complexity index is 1010. The lowest BCUT2D eigenvalue weighted by Gasteiger charge is -2.19. The number of likely N-dealkylation sites (tertiary alicyclic amines) is 1. The molecule has 0 bridgehead atoms. The quantitative estimate of drug-likeness (QED) is 0.773. The number of carbonyl (C=O) groups is 1. The molecule has 1 saturated heterocycles. The van der Waals surface area contributed by atoms with Gasteiger partial charge in [-0.3, -0.25) is 19.1 Å². The van der Waals surface area contributed by atoms with E-state index in [1.165, 1.54) is 4.57 Å². The van der Waals surface area contributed by atoms with Crippen molar-refractivity contribution in [2.75, 3.05) is 19.6 Å². The van der Waals surface area contributed by atoms with Crippen molar-refractivity contribution in [2.45, 2.75) is 45.1 Å². The molecule has 0 aromatic carbocycles. The van der Waals surface area contributed by atoms with Gasteiger partial charge in [0.15, 0.2) is 5.65 Å². The number of hydrogen-bond donors (Lipinski definition) is 2. The van der Waals surface area contributed by atoms with Gasteiger partial charge < -0.3 is 10.6 Å². The van der Waals surface area contributed by atoms with E-state index in [9.17, 15) is 14.4 Å². The lowest BCUT2D eigenvalue weighted by atomic mass is 10.1. The Morgan fingerprint density at radius 2 is 2.07 bits per heavy atom. The highest BCUT2D eigenvalue weighted by Gasteiger charge is 2.32. The SMILES string of the molecule is CCCn1c(=O)[nH]c(=O)c2c(C(=O)N3CCC(CN)C3)cc(C3CC3)nc21.Cl. The molecule has 3 N–H and O–H groups in total. The molecular weight excluding hydrogens is 382 g/mol. The second kappa shape index (κ2) is 8.05. The van der Waals surface area contributed by atoms with Gasteiger partial charge in [-0.05, 0) is 44.2 Å². The summed E-state index contributed by atoms with van der Waals surface area (Å²) in [7, 11) is 0. The molecule has 1 atom stereocenters. The number of pyridine rings is 1. The first-order chi connectivity index (χ1) is 13.0. The lowest BCUT2D eigenvalue weighted by Crippen LogP contribution is -2.35. The summed E-state index contributed by atoms with van der Waals surface area (Å²) in [5, 5.41) is 0.216. The third-order valence-electron chi connectivity index (χ3n) is 5.55. The Labute approximate surface area is 168 Å². The highest BCUT2D eigenvalue weighted by atomic mass is 35.5. The van der Waals surface area contributed by atoms with Crippen LogP contribution in [-0.2, 0) is 6.54 Å².